The van der Waals surface area contributed by atoms with E-state index in [9.17, 15) is 22.0 Å². The maximum Gasteiger partial charge on any atom is 0.254 e. The number of carbonyl (C=O) groups excluding carboxylic acids is 1. The van der Waals surface area contributed by atoms with Crippen molar-refractivity contribution in [2.24, 2.45) is 0 Å². The number of morpholine rings is 1. The molecule has 1 amide bonds. The standard InChI is InChI=1S/C18H22F2N2O5S/c19-15-2-1-13(7-16(15)20)17(23)22-10-18(11-22)12-28(24,25)14(9-27-18)8-21-3-5-26-6-4-21/h1-2,7,14H,3-6,8-12H2/t14-/m0/s1. The number of rotatable bonds is 3. The highest BCUT2D eigenvalue weighted by Gasteiger charge is 2.54. The fraction of sp³-hybridized carbons (Fsp3) is 0.611. The third-order valence-electron chi connectivity index (χ3n) is 5.52. The number of hydrogen-bond donors (Lipinski definition) is 0. The van der Waals surface area contributed by atoms with Crippen LogP contribution in [-0.4, -0.2) is 93.3 Å². The van der Waals surface area contributed by atoms with Gasteiger partial charge < -0.3 is 14.4 Å². The van der Waals surface area contributed by atoms with E-state index in [1.54, 1.807) is 0 Å². The van der Waals surface area contributed by atoms with Gasteiger partial charge in [0.05, 0.1) is 43.9 Å². The fourth-order valence-corrected chi connectivity index (χ4v) is 5.87. The third-order valence-corrected chi connectivity index (χ3v) is 7.75. The van der Waals surface area contributed by atoms with E-state index in [0.717, 1.165) is 12.1 Å². The summed E-state index contributed by atoms with van der Waals surface area (Å²) in [6.07, 6.45) is 0. The third kappa shape index (κ3) is 3.78. The molecule has 1 aromatic carbocycles. The largest absolute Gasteiger partial charge is 0.379 e. The van der Waals surface area contributed by atoms with E-state index >= 15 is 0 Å². The quantitative estimate of drug-likeness (QED) is 0.706. The summed E-state index contributed by atoms with van der Waals surface area (Å²) in [6, 6.07) is 2.96. The van der Waals surface area contributed by atoms with E-state index in [-0.39, 0.29) is 31.0 Å². The molecular weight excluding hydrogens is 394 g/mol. The molecule has 1 atom stereocenters. The lowest BCUT2D eigenvalue weighted by molar-refractivity contribution is -0.121. The zero-order valence-corrected chi connectivity index (χ0v) is 16.1. The fourth-order valence-electron chi connectivity index (χ4n) is 3.92. The molecule has 10 heteroatoms. The van der Waals surface area contributed by atoms with Gasteiger partial charge in [-0.1, -0.05) is 0 Å². The number of likely N-dealkylation sites (tertiary alicyclic amines) is 1. The van der Waals surface area contributed by atoms with Crippen molar-refractivity contribution in [1.82, 2.24) is 9.80 Å². The molecule has 7 nitrogen and oxygen atoms in total. The van der Waals surface area contributed by atoms with E-state index in [2.05, 4.69) is 4.90 Å². The Morgan fingerprint density at radius 2 is 1.89 bits per heavy atom. The first-order chi connectivity index (χ1) is 13.3. The average Bonchev–Trinajstić information content (AvgIpc) is 2.64. The number of benzene rings is 1. The Labute approximate surface area is 162 Å². The van der Waals surface area contributed by atoms with E-state index in [1.165, 1.54) is 11.0 Å². The normalized spacial score (nSPS) is 26.8. The average molecular weight is 416 g/mol. The highest BCUT2D eigenvalue weighted by Crippen LogP contribution is 2.34. The molecule has 1 spiro atoms. The molecule has 154 valence electrons. The molecule has 28 heavy (non-hydrogen) atoms. The van der Waals surface area contributed by atoms with Gasteiger partial charge in [0.2, 0.25) is 0 Å². The second-order valence-corrected chi connectivity index (χ2v) is 9.91. The lowest BCUT2D eigenvalue weighted by Crippen LogP contribution is -2.71. The lowest BCUT2D eigenvalue weighted by atomic mass is 9.94. The molecule has 3 fully saturated rings. The van der Waals surface area contributed by atoms with Crippen molar-refractivity contribution < 1.29 is 31.5 Å². The molecule has 0 aromatic heterocycles. The molecule has 0 unspecified atom stereocenters. The minimum absolute atomic E-state index is 0.0256. The molecule has 4 rings (SSSR count). The number of amides is 1. The molecule has 3 heterocycles. The van der Waals surface area contributed by atoms with Crippen LogP contribution in [0.1, 0.15) is 10.4 Å². The second kappa shape index (κ2) is 7.33. The zero-order chi connectivity index (χ0) is 19.9. The van der Waals surface area contributed by atoms with Gasteiger partial charge in [-0.2, -0.15) is 0 Å². The molecule has 3 aliphatic rings. The molecule has 0 radical (unpaired) electrons. The number of halogens is 2. The van der Waals surface area contributed by atoms with Gasteiger partial charge in [0.15, 0.2) is 21.5 Å². The number of carbonyl (C=O) groups is 1. The van der Waals surface area contributed by atoms with Crippen LogP contribution in [0.2, 0.25) is 0 Å². The number of nitrogens with zero attached hydrogens (tertiary/aromatic N) is 2. The predicted molar refractivity (Wildman–Crippen MR) is 95.8 cm³/mol. The Hall–Kier alpha value is -1.62. The summed E-state index contributed by atoms with van der Waals surface area (Å²) in [5, 5.41) is -0.591. The first kappa shape index (κ1) is 19.7. The van der Waals surface area contributed by atoms with Crippen molar-refractivity contribution in [1.29, 1.82) is 0 Å². The van der Waals surface area contributed by atoms with Crippen LogP contribution in [0.4, 0.5) is 8.78 Å². The van der Waals surface area contributed by atoms with Crippen LogP contribution in [0.3, 0.4) is 0 Å². The van der Waals surface area contributed by atoms with Gasteiger partial charge in [0.1, 0.15) is 5.60 Å². The van der Waals surface area contributed by atoms with Gasteiger partial charge in [-0.3, -0.25) is 9.69 Å². The Morgan fingerprint density at radius 1 is 1.18 bits per heavy atom. The lowest BCUT2D eigenvalue weighted by Gasteiger charge is -2.52. The molecule has 3 saturated heterocycles. The number of hydrogen-bond acceptors (Lipinski definition) is 6. The summed E-state index contributed by atoms with van der Waals surface area (Å²) in [5.74, 6) is -2.73. The van der Waals surface area contributed by atoms with Gasteiger partial charge >= 0.3 is 0 Å². The first-order valence-electron chi connectivity index (χ1n) is 9.18. The Kier molecular flexibility index (Phi) is 5.15. The van der Waals surface area contributed by atoms with Crippen molar-refractivity contribution in [2.45, 2.75) is 10.9 Å². The maximum absolute atomic E-state index is 13.3. The monoisotopic (exact) mass is 416 g/mol. The minimum Gasteiger partial charge on any atom is -0.379 e. The van der Waals surface area contributed by atoms with Gasteiger partial charge in [-0.15, -0.1) is 0 Å². The first-order valence-corrected chi connectivity index (χ1v) is 10.9. The van der Waals surface area contributed by atoms with Crippen LogP contribution < -0.4 is 0 Å². The van der Waals surface area contributed by atoms with Crippen LogP contribution in [0.5, 0.6) is 0 Å². The summed E-state index contributed by atoms with van der Waals surface area (Å²) in [4.78, 5) is 15.9. The molecule has 1 aromatic rings. The van der Waals surface area contributed by atoms with Crippen molar-refractivity contribution in [3.63, 3.8) is 0 Å². The Balaban J connectivity index is 1.36. The molecule has 0 N–H and O–H groups in total. The van der Waals surface area contributed by atoms with E-state index in [4.69, 9.17) is 9.47 Å². The molecule has 0 saturated carbocycles. The van der Waals surface area contributed by atoms with E-state index in [0.29, 0.717) is 32.8 Å². The zero-order valence-electron chi connectivity index (χ0n) is 15.3. The molecule has 3 aliphatic heterocycles. The highest BCUT2D eigenvalue weighted by atomic mass is 32.2. The van der Waals surface area contributed by atoms with Gasteiger partial charge in [0.25, 0.3) is 5.91 Å². The molecule has 0 bridgehead atoms. The van der Waals surface area contributed by atoms with Crippen molar-refractivity contribution in [2.75, 3.05) is 58.3 Å². The van der Waals surface area contributed by atoms with E-state index < -0.39 is 38.2 Å². The Bertz CT molecular complexity index is 867. The van der Waals surface area contributed by atoms with Crippen molar-refractivity contribution in [3.8, 4) is 0 Å². The van der Waals surface area contributed by atoms with Crippen molar-refractivity contribution in [3.05, 3.63) is 35.4 Å². The second-order valence-electron chi connectivity index (χ2n) is 7.63. The van der Waals surface area contributed by atoms with Crippen LogP contribution in [0, 0.1) is 11.6 Å². The van der Waals surface area contributed by atoms with Crippen LogP contribution in [0.25, 0.3) is 0 Å². The summed E-state index contributed by atoms with van der Waals surface area (Å²) in [6.45, 7) is 3.34. The van der Waals surface area contributed by atoms with Crippen LogP contribution in [0.15, 0.2) is 18.2 Å². The summed E-state index contributed by atoms with van der Waals surface area (Å²) >= 11 is 0. The number of ether oxygens (including phenoxy) is 2. The maximum atomic E-state index is 13.3. The van der Waals surface area contributed by atoms with Gasteiger partial charge in [-0.25, -0.2) is 17.2 Å². The minimum atomic E-state index is -3.37. The van der Waals surface area contributed by atoms with Crippen LogP contribution in [-0.2, 0) is 19.3 Å². The SMILES string of the molecule is O=C(c1ccc(F)c(F)c1)N1CC2(C1)CS(=O)(=O)[C@@H](CN1CCOCC1)CO2. The summed E-state index contributed by atoms with van der Waals surface area (Å²) in [7, 11) is -3.37. The smallest absolute Gasteiger partial charge is 0.254 e. The van der Waals surface area contributed by atoms with E-state index in [1.807, 2.05) is 0 Å². The van der Waals surface area contributed by atoms with Gasteiger partial charge in [0, 0.05) is 25.2 Å². The predicted octanol–water partition coefficient (Wildman–Crippen LogP) is 0.305. The number of sulfone groups is 1. The Morgan fingerprint density at radius 3 is 2.54 bits per heavy atom. The highest BCUT2D eigenvalue weighted by molar-refractivity contribution is 7.92. The summed E-state index contributed by atoms with van der Waals surface area (Å²) in [5.41, 5.74) is -0.883. The summed E-state index contributed by atoms with van der Waals surface area (Å²) < 4.78 is 63.1. The van der Waals surface area contributed by atoms with Crippen molar-refractivity contribution >= 4 is 15.7 Å². The molecule has 0 aliphatic carbocycles. The van der Waals surface area contributed by atoms with Crippen LogP contribution >= 0.6 is 0 Å². The van der Waals surface area contributed by atoms with Gasteiger partial charge in [-0.05, 0) is 18.2 Å². The molecular formula is C18H22F2N2O5S. The topological polar surface area (TPSA) is 76.2 Å².